The molecule has 0 aliphatic carbocycles. The summed E-state index contributed by atoms with van der Waals surface area (Å²) in [7, 11) is 0. The highest BCUT2D eigenvalue weighted by molar-refractivity contribution is 9.11. The maximum atomic E-state index is 10.5. The van der Waals surface area contributed by atoms with E-state index in [1.54, 1.807) is 29.3 Å². The Labute approximate surface area is 78.7 Å². The van der Waals surface area contributed by atoms with E-state index in [1.165, 1.54) is 0 Å². The third-order valence-electron chi connectivity index (χ3n) is 1.39. The maximum Gasteiger partial charge on any atom is 0.335 e. The van der Waals surface area contributed by atoms with Crippen molar-refractivity contribution in [2.45, 2.75) is 0 Å². The fourth-order valence-corrected chi connectivity index (χ4v) is 1.15. The molecule has 0 saturated heterocycles. The van der Waals surface area contributed by atoms with Crippen LogP contribution in [0.5, 0.6) is 0 Å². The highest BCUT2D eigenvalue weighted by Crippen LogP contribution is 2.07. The van der Waals surface area contributed by atoms with Crippen LogP contribution in [0, 0.1) is 0 Å². The zero-order valence-electron chi connectivity index (χ0n) is 6.20. The number of rotatable bonds is 2. The van der Waals surface area contributed by atoms with Crippen LogP contribution in [-0.4, -0.2) is 11.1 Å². The van der Waals surface area contributed by atoms with E-state index in [1.807, 2.05) is 6.07 Å². The summed E-state index contributed by atoms with van der Waals surface area (Å²) >= 11 is 3.12. The van der Waals surface area contributed by atoms with Crippen LogP contribution in [0.2, 0.25) is 0 Å². The Morgan fingerprint density at radius 1 is 1.50 bits per heavy atom. The molecule has 12 heavy (non-hydrogen) atoms. The van der Waals surface area contributed by atoms with Crippen molar-refractivity contribution in [1.82, 2.24) is 0 Å². The fourth-order valence-electron chi connectivity index (χ4n) is 0.848. The first kappa shape index (κ1) is 9.00. The summed E-state index contributed by atoms with van der Waals surface area (Å²) in [6.45, 7) is 0. The van der Waals surface area contributed by atoms with Crippen LogP contribution in [0.1, 0.15) is 15.9 Å². The van der Waals surface area contributed by atoms with Gasteiger partial charge in [-0.2, -0.15) is 0 Å². The number of hydrogen-bond acceptors (Lipinski definition) is 1. The van der Waals surface area contributed by atoms with Gasteiger partial charge in [0.25, 0.3) is 0 Å². The molecule has 62 valence electrons. The Kier molecular flexibility index (Phi) is 3.05. The molecule has 2 nitrogen and oxygen atoms in total. The molecule has 3 heteroatoms. The molecular formula is C9H7BrO2. The highest BCUT2D eigenvalue weighted by atomic mass is 79.9. The van der Waals surface area contributed by atoms with Gasteiger partial charge in [0.15, 0.2) is 0 Å². The van der Waals surface area contributed by atoms with Crippen molar-refractivity contribution in [2.75, 3.05) is 0 Å². The average Bonchev–Trinajstić information content (AvgIpc) is 2.05. The van der Waals surface area contributed by atoms with Gasteiger partial charge in [-0.05, 0) is 28.8 Å². The van der Waals surface area contributed by atoms with E-state index < -0.39 is 5.97 Å². The number of carbonyl (C=O) groups is 1. The van der Waals surface area contributed by atoms with Gasteiger partial charge in [0.05, 0.1) is 5.56 Å². The van der Waals surface area contributed by atoms with Gasteiger partial charge in [-0.1, -0.05) is 28.1 Å². The lowest BCUT2D eigenvalue weighted by Gasteiger charge is -1.95. The van der Waals surface area contributed by atoms with Crippen molar-refractivity contribution in [3.8, 4) is 0 Å². The number of benzene rings is 1. The van der Waals surface area contributed by atoms with Crippen LogP contribution < -0.4 is 0 Å². The van der Waals surface area contributed by atoms with E-state index in [9.17, 15) is 4.79 Å². The molecule has 0 saturated carbocycles. The second-order valence-electron chi connectivity index (χ2n) is 2.22. The first-order valence-corrected chi connectivity index (χ1v) is 4.26. The van der Waals surface area contributed by atoms with Crippen LogP contribution in [0.25, 0.3) is 6.08 Å². The number of carboxylic acid groups (broad SMARTS) is 1. The van der Waals surface area contributed by atoms with Gasteiger partial charge in [0.1, 0.15) is 0 Å². The SMILES string of the molecule is O=C(O)c1cccc(C=CBr)c1. The molecule has 0 unspecified atom stereocenters. The molecule has 0 radical (unpaired) electrons. The Morgan fingerprint density at radius 2 is 2.25 bits per heavy atom. The Hall–Kier alpha value is -1.09. The highest BCUT2D eigenvalue weighted by Gasteiger charge is 2.00. The molecule has 0 amide bonds. The Balaban J connectivity index is 3.03. The van der Waals surface area contributed by atoms with Gasteiger partial charge >= 0.3 is 5.97 Å². The minimum absolute atomic E-state index is 0.304. The average molecular weight is 227 g/mol. The van der Waals surface area contributed by atoms with Crippen LogP contribution >= 0.6 is 15.9 Å². The fraction of sp³-hybridized carbons (Fsp3) is 0. The van der Waals surface area contributed by atoms with Gasteiger partial charge in [0, 0.05) is 0 Å². The van der Waals surface area contributed by atoms with Crippen LogP contribution in [0.4, 0.5) is 0 Å². The summed E-state index contributed by atoms with van der Waals surface area (Å²) in [4.78, 5) is 12.2. The standard InChI is InChI=1S/C9H7BrO2/c10-5-4-7-2-1-3-8(6-7)9(11)12/h1-6H,(H,11,12). The van der Waals surface area contributed by atoms with Crippen molar-refractivity contribution in [1.29, 1.82) is 0 Å². The predicted molar refractivity (Wildman–Crippen MR) is 51.4 cm³/mol. The second kappa shape index (κ2) is 4.07. The van der Waals surface area contributed by atoms with Crippen molar-refractivity contribution in [2.24, 2.45) is 0 Å². The summed E-state index contributed by atoms with van der Waals surface area (Å²) in [5.41, 5.74) is 1.17. The molecule has 1 rings (SSSR count). The Morgan fingerprint density at radius 3 is 2.83 bits per heavy atom. The molecule has 0 atom stereocenters. The first-order chi connectivity index (χ1) is 5.74. The molecule has 0 bridgehead atoms. The predicted octanol–water partition coefficient (Wildman–Crippen LogP) is 2.75. The van der Waals surface area contributed by atoms with Crippen LogP contribution in [0.15, 0.2) is 29.3 Å². The molecule has 0 fully saturated rings. The number of carboxylic acids is 1. The zero-order chi connectivity index (χ0) is 8.97. The summed E-state index contributed by atoms with van der Waals surface area (Å²) < 4.78 is 0. The summed E-state index contributed by atoms with van der Waals surface area (Å²) in [5.74, 6) is -0.903. The molecule has 1 aromatic rings. The van der Waals surface area contributed by atoms with Gasteiger partial charge in [-0.25, -0.2) is 4.79 Å². The molecule has 1 aromatic carbocycles. The van der Waals surface area contributed by atoms with Gasteiger partial charge in [-0.3, -0.25) is 0 Å². The molecule has 1 N–H and O–H groups in total. The van der Waals surface area contributed by atoms with Crippen molar-refractivity contribution in [3.05, 3.63) is 40.4 Å². The number of halogens is 1. The van der Waals surface area contributed by atoms with E-state index in [0.717, 1.165) is 5.56 Å². The topological polar surface area (TPSA) is 37.3 Å². The molecule has 0 aromatic heterocycles. The summed E-state index contributed by atoms with van der Waals surface area (Å²) in [6, 6.07) is 6.73. The number of hydrogen-bond donors (Lipinski definition) is 1. The van der Waals surface area contributed by atoms with E-state index in [2.05, 4.69) is 15.9 Å². The maximum absolute atomic E-state index is 10.5. The lowest BCUT2D eigenvalue weighted by molar-refractivity contribution is 0.0697. The van der Waals surface area contributed by atoms with Crippen molar-refractivity contribution >= 4 is 28.0 Å². The smallest absolute Gasteiger partial charge is 0.335 e. The third kappa shape index (κ3) is 2.20. The quantitative estimate of drug-likeness (QED) is 0.843. The number of aromatic carboxylic acids is 1. The van der Waals surface area contributed by atoms with E-state index in [-0.39, 0.29) is 0 Å². The lowest BCUT2D eigenvalue weighted by atomic mass is 10.1. The lowest BCUT2D eigenvalue weighted by Crippen LogP contribution is -1.95. The summed E-state index contributed by atoms with van der Waals surface area (Å²) in [6.07, 6.45) is 1.78. The van der Waals surface area contributed by atoms with Gasteiger partial charge < -0.3 is 5.11 Å². The molecule has 0 aliphatic rings. The minimum atomic E-state index is -0.903. The van der Waals surface area contributed by atoms with Gasteiger partial charge in [0.2, 0.25) is 0 Å². The summed E-state index contributed by atoms with van der Waals surface area (Å²) in [5, 5.41) is 8.64. The van der Waals surface area contributed by atoms with Crippen LogP contribution in [0.3, 0.4) is 0 Å². The molecule has 0 heterocycles. The second-order valence-corrected chi connectivity index (χ2v) is 2.75. The largest absolute Gasteiger partial charge is 0.478 e. The van der Waals surface area contributed by atoms with E-state index in [0.29, 0.717) is 5.56 Å². The zero-order valence-corrected chi connectivity index (χ0v) is 7.78. The molecular weight excluding hydrogens is 220 g/mol. The van der Waals surface area contributed by atoms with E-state index in [4.69, 9.17) is 5.11 Å². The van der Waals surface area contributed by atoms with Crippen LogP contribution in [-0.2, 0) is 0 Å². The first-order valence-electron chi connectivity index (χ1n) is 3.34. The van der Waals surface area contributed by atoms with Crippen molar-refractivity contribution in [3.63, 3.8) is 0 Å². The van der Waals surface area contributed by atoms with Crippen molar-refractivity contribution < 1.29 is 9.90 Å². The third-order valence-corrected chi connectivity index (χ3v) is 1.65. The normalized spacial score (nSPS) is 10.4. The van der Waals surface area contributed by atoms with Gasteiger partial charge in [-0.15, -0.1) is 0 Å². The van der Waals surface area contributed by atoms with E-state index >= 15 is 0 Å². The molecule has 0 spiro atoms. The Bertz CT molecular complexity index is 318. The monoisotopic (exact) mass is 226 g/mol. The minimum Gasteiger partial charge on any atom is -0.478 e. The molecule has 0 aliphatic heterocycles.